The Bertz CT molecular complexity index is 554. The first-order chi connectivity index (χ1) is 8.79. The average molecular weight is 238 g/mol. The van der Waals surface area contributed by atoms with Crippen LogP contribution in [0, 0.1) is 11.3 Å². The summed E-state index contributed by atoms with van der Waals surface area (Å²) in [5, 5.41) is 11.1. The Labute approximate surface area is 108 Å². The number of nitriles is 1. The van der Waals surface area contributed by atoms with Gasteiger partial charge in [0.1, 0.15) is 0 Å². The largest absolute Gasteiger partial charge is 0.305 e. The smallest absolute Gasteiger partial charge is 0.0635 e. The Morgan fingerprint density at radius 3 is 2.61 bits per heavy atom. The summed E-state index contributed by atoms with van der Waals surface area (Å²) in [5.41, 5.74) is 1.36. The molecule has 0 spiro atoms. The minimum Gasteiger partial charge on any atom is -0.305 e. The van der Waals surface area contributed by atoms with Gasteiger partial charge >= 0.3 is 0 Å². The summed E-state index contributed by atoms with van der Waals surface area (Å²) in [5.74, 6) is 0. The molecule has 0 N–H and O–H groups in total. The van der Waals surface area contributed by atoms with E-state index in [0.29, 0.717) is 6.42 Å². The SMILES string of the molecule is CN(CCC#N)CCc1ccc2ccccc2c1. The van der Waals surface area contributed by atoms with Gasteiger partial charge in [-0.1, -0.05) is 42.5 Å². The van der Waals surface area contributed by atoms with E-state index >= 15 is 0 Å². The molecule has 0 unspecified atom stereocenters. The number of nitrogens with zero attached hydrogens (tertiary/aromatic N) is 2. The van der Waals surface area contributed by atoms with Crippen LogP contribution in [0.3, 0.4) is 0 Å². The van der Waals surface area contributed by atoms with Crippen LogP contribution in [0.5, 0.6) is 0 Å². The van der Waals surface area contributed by atoms with Crippen molar-refractivity contribution in [3.63, 3.8) is 0 Å². The van der Waals surface area contributed by atoms with Crippen LogP contribution in [0.1, 0.15) is 12.0 Å². The second-order valence-corrected chi connectivity index (χ2v) is 4.64. The lowest BCUT2D eigenvalue weighted by atomic mass is 10.1. The Morgan fingerprint density at radius 2 is 1.83 bits per heavy atom. The van der Waals surface area contributed by atoms with Gasteiger partial charge in [0, 0.05) is 19.5 Å². The molecule has 0 aliphatic carbocycles. The van der Waals surface area contributed by atoms with Gasteiger partial charge in [-0.15, -0.1) is 0 Å². The molecule has 0 saturated heterocycles. The summed E-state index contributed by atoms with van der Waals surface area (Å²) in [6.07, 6.45) is 1.64. The van der Waals surface area contributed by atoms with E-state index in [4.69, 9.17) is 5.26 Å². The normalized spacial score (nSPS) is 10.7. The van der Waals surface area contributed by atoms with Crippen molar-refractivity contribution in [1.29, 1.82) is 5.26 Å². The fraction of sp³-hybridized carbons (Fsp3) is 0.312. The number of hydrogen-bond donors (Lipinski definition) is 0. The molecule has 0 radical (unpaired) electrons. The Hall–Kier alpha value is -1.85. The zero-order valence-electron chi connectivity index (χ0n) is 10.8. The van der Waals surface area contributed by atoms with Crippen molar-refractivity contribution in [2.45, 2.75) is 12.8 Å². The molecule has 0 aliphatic heterocycles. The van der Waals surface area contributed by atoms with E-state index in [9.17, 15) is 0 Å². The van der Waals surface area contributed by atoms with E-state index < -0.39 is 0 Å². The van der Waals surface area contributed by atoms with Gasteiger partial charge in [-0.05, 0) is 29.8 Å². The molecular formula is C16H18N2. The van der Waals surface area contributed by atoms with E-state index in [2.05, 4.69) is 60.5 Å². The third-order valence-electron chi connectivity index (χ3n) is 3.20. The quantitative estimate of drug-likeness (QED) is 0.799. The van der Waals surface area contributed by atoms with Crippen molar-refractivity contribution in [2.24, 2.45) is 0 Å². The van der Waals surface area contributed by atoms with Crippen LogP contribution in [-0.4, -0.2) is 25.0 Å². The highest BCUT2D eigenvalue weighted by molar-refractivity contribution is 5.82. The Morgan fingerprint density at radius 1 is 1.06 bits per heavy atom. The van der Waals surface area contributed by atoms with Gasteiger partial charge in [-0.3, -0.25) is 0 Å². The first-order valence-electron chi connectivity index (χ1n) is 6.33. The molecule has 0 aromatic heterocycles. The van der Waals surface area contributed by atoms with Gasteiger partial charge < -0.3 is 4.90 Å². The molecule has 0 atom stereocenters. The number of benzene rings is 2. The fourth-order valence-corrected chi connectivity index (χ4v) is 2.07. The van der Waals surface area contributed by atoms with Crippen molar-refractivity contribution >= 4 is 10.8 Å². The molecule has 2 nitrogen and oxygen atoms in total. The molecule has 18 heavy (non-hydrogen) atoms. The zero-order valence-corrected chi connectivity index (χ0v) is 10.8. The van der Waals surface area contributed by atoms with Crippen LogP contribution < -0.4 is 0 Å². The molecular weight excluding hydrogens is 220 g/mol. The van der Waals surface area contributed by atoms with Crippen LogP contribution in [0.4, 0.5) is 0 Å². The molecule has 0 fully saturated rings. The average Bonchev–Trinajstić information content (AvgIpc) is 2.42. The van der Waals surface area contributed by atoms with E-state index in [1.165, 1.54) is 16.3 Å². The lowest BCUT2D eigenvalue weighted by Crippen LogP contribution is -2.22. The van der Waals surface area contributed by atoms with Gasteiger partial charge in [0.2, 0.25) is 0 Å². The number of likely N-dealkylation sites (N-methyl/N-ethyl adjacent to an activating group) is 1. The molecule has 0 aliphatic rings. The molecule has 2 aromatic carbocycles. The maximum Gasteiger partial charge on any atom is 0.0635 e. The van der Waals surface area contributed by atoms with Gasteiger partial charge in [0.25, 0.3) is 0 Å². The van der Waals surface area contributed by atoms with E-state index in [0.717, 1.165) is 19.5 Å². The first kappa shape index (κ1) is 12.6. The van der Waals surface area contributed by atoms with Crippen molar-refractivity contribution < 1.29 is 0 Å². The van der Waals surface area contributed by atoms with Gasteiger partial charge in [-0.25, -0.2) is 0 Å². The van der Waals surface area contributed by atoms with Gasteiger partial charge in [0.05, 0.1) is 6.07 Å². The van der Waals surface area contributed by atoms with Gasteiger partial charge in [0.15, 0.2) is 0 Å². The minimum absolute atomic E-state index is 0.605. The van der Waals surface area contributed by atoms with Crippen LogP contribution in [0.2, 0.25) is 0 Å². The number of rotatable bonds is 5. The van der Waals surface area contributed by atoms with Crippen molar-refractivity contribution in [3.8, 4) is 6.07 Å². The molecule has 2 rings (SSSR count). The molecule has 0 saturated carbocycles. The van der Waals surface area contributed by atoms with Crippen LogP contribution >= 0.6 is 0 Å². The van der Waals surface area contributed by atoms with Crippen molar-refractivity contribution in [3.05, 3.63) is 48.0 Å². The Balaban J connectivity index is 1.98. The summed E-state index contributed by atoms with van der Waals surface area (Å²) < 4.78 is 0. The summed E-state index contributed by atoms with van der Waals surface area (Å²) in [4.78, 5) is 2.21. The van der Waals surface area contributed by atoms with Crippen molar-refractivity contribution in [2.75, 3.05) is 20.1 Å². The molecule has 0 amide bonds. The topological polar surface area (TPSA) is 27.0 Å². The molecule has 0 heterocycles. The Kier molecular flexibility index (Phi) is 4.33. The third-order valence-corrected chi connectivity index (χ3v) is 3.20. The highest BCUT2D eigenvalue weighted by atomic mass is 15.1. The monoisotopic (exact) mass is 238 g/mol. The summed E-state index contributed by atoms with van der Waals surface area (Å²) in [6.45, 7) is 1.85. The number of hydrogen-bond acceptors (Lipinski definition) is 2. The van der Waals surface area contributed by atoms with Crippen LogP contribution in [-0.2, 0) is 6.42 Å². The summed E-state index contributed by atoms with van der Waals surface area (Å²) in [7, 11) is 2.07. The molecule has 2 aromatic rings. The van der Waals surface area contributed by atoms with E-state index in [1.54, 1.807) is 0 Å². The zero-order chi connectivity index (χ0) is 12.8. The standard InChI is InChI=1S/C16H18N2/c1-18(11-4-10-17)12-9-14-7-8-15-5-2-3-6-16(15)13-14/h2-3,5-8,13H,4,9,11-12H2,1H3. The van der Waals surface area contributed by atoms with E-state index in [-0.39, 0.29) is 0 Å². The van der Waals surface area contributed by atoms with Crippen molar-refractivity contribution in [1.82, 2.24) is 4.90 Å². The predicted molar refractivity (Wildman–Crippen MR) is 75.4 cm³/mol. The predicted octanol–water partition coefficient (Wildman–Crippen LogP) is 3.23. The molecule has 2 heteroatoms. The highest BCUT2D eigenvalue weighted by Crippen LogP contribution is 2.16. The second kappa shape index (κ2) is 6.18. The minimum atomic E-state index is 0.605. The van der Waals surface area contributed by atoms with Crippen LogP contribution in [0.15, 0.2) is 42.5 Å². The van der Waals surface area contributed by atoms with Crippen LogP contribution in [0.25, 0.3) is 10.8 Å². The second-order valence-electron chi connectivity index (χ2n) is 4.64. The summed E-state index contributed by atoms with van der Waals surface area (Å²) in [6, 6.07) is 17.2. The maximum atomic E-state index is 8.54. The summed E-state index contributed by atoms with van der Waals surface area (Å²) >= 11 is 0. The highest BCUT2D eigenvalue weighted by Gasteiger charge is 2.00. The lowest BCUT2D eigenvalue weighted by molar-refractivity contribution is 0.347. The first-order valence-corrected chi connectivity index (χ1v) is 6.33. The molecule has 0 bridgehead atoms. The van der Waals surface area contributed by atoms with E-state index in [1.807, 2.05) is 0 Å². The fourth-order valence-electron chi connectivity index (χ4n) is 2.07. The number of fused-ring (bicyclic) bond motifs is 1. The van der Waals surface area contributed by atoms with Gasteiger partial charge in [-0.2, -0.15) is 5.26 Å². The maximum absolute atomic E-state index is 8.54. The third kappa shape index (κ3) is 3.32. The lowest BCUT2D eigenvalue weighted by Gasteiger charge is -2.14. The molecule has 92 valence electrons.